The first-order chi connectivity index (χ1) is 14.9. The van der Waals surface area contributed by atoms with Crippen LogP contribution in [0.4, 0.5) is 5.69 Å². The molecule has 4 N–H and O–H groups in total. The molecule has 0 aliphatic heterocycles. The quantitative estimate of drug-likeness (QED) is 0.158. The van der Waals surface area contributed by atoms with Crippen molar-refractivity contribution in [2.45, 2.75) is 13.8 Å². The van der Waals surface area contributed by atoms with Crippen molar-refractivity contribution in [2.75, 3.05) is 5.73 Å². The summed E-state index contributed by atoms with van der Waals surface area (Å²) in [5, 5.41) is 24.6. The highest BCUT2D eigenvalue weighted by Crippen LogP contribution is 2.35. The van der Waals surface area contributed by atoms with Crippen LogP contribution < -0.4 is 10.4 Å². The van der Waals surface area contributed by atoms with Crippen molar-refractivity contribution in [1.82, 2.24) is 0 Å². The third-order valence-electron chi connectivity index (χ3n) is 5.57. The predicted octanol–water partition coefficient (Wildman–Crippen LogP) is 5.38. The number of nitrogens with two attached hydrogens (primary N) is 1. The second-order valence-electron chi connectivity index (χ2n) is 7.57. The Morgan fingerprint density at radius 3 is 2.03 bits per heavy atom. The summed E-state index contributed by atoms with van der Waals surface area (Å²) in [5.74, 6) is 0.466. The van der Waals surface area contributed by atoms with Crippen molar-refractivity contribution in [1.29, 1.82) is 0 Å². The highest BCUT2D eigenvalue weighted by Gasteiger charge is 2.15. The van der Waals surface area contributed by atoms with Gasteiger partial charge in [-0.1, -0.05) is 60.7 Å². The summed E-state index contributed by atoms with van der Waals surface area (Å²) in [6.07, 6.45) is 0. The third-order valence-corrected chi connectivity index (χ3v) is 5.57. The molecule has 0 saturated heterocycles. The van der Waals surface area contributed by atoms with E-state index in [2.05, 4.69) is 43.3 Å². The Labute approximate surface area is 181 Å². The SMILES string of the molecule is Cc1cccc(N)c1C.OB(O)Oc1cccc2ccc3cc4ccccc4cc3c12. The highest BCUT2D eigenvalue weighted by atomic mass is 16.6. The van der Waals surface area contributed by atoms with Crippen LogP contribution in [0.2, 0.25) is 0 Å². The van der Waals surface area contributed by atoms with Gasteiger partial charge in [-0.25, -0.2) is 0 Å². The van der Waals surface area contributed by atoms with Crippen LogP contribution in [0.25, 0.3) is 32.3 Å². The molecule has 0 aliphatic carbocycles. The van der Waals surface area contributed by atoms with Gasteiger partial charge >= 0.3 is 7.32 Å². The molecule has 0 aromatic heterocycles. The number of anilines is 1. The molecule has 154 valence electrons. The average Bonchev–Trinajstić information content (AvgIpc) is 2.76. The third kappa shape index (κ3) is 4.33. The van der Waals surface area contributed by atoms with Crippen molar-refractivity contribution < 1.29 is 14.7 Å². The van der Waals surface area contributed by atoms with Gasteiger partial charge in [0, 0.05) is 11.1 Å². The number of benzene rings is 5. The maximum absolute atomic E-state index is 9.14. The maximum atomic E-state index is 9.14. The van der Waals surface area contributed by atoms with Crippen LogP contribution >= 0.6 is 0 Å². The maximum Gasteiger partial charge on any atom is 0.707 e. The molecule has 0 amide bonds. The first-order valence-electron chi connectivity index (χ1n) is 10.1. The van der Waals surface area contributed by atoms with E-state index in [1.54, 1.807) is 6.07 Å². The minimum atomic E-state index is -1.83. The molecule has 31 heavy (non-hydrogen) atoms. The van der Waals surface area contributed by atoms with E-state index >= 15 is 0 Å². The molecule has 0 aliphatic rings. The molecule has 4 nitrogen and oxygen atoms in total. The van der Waals surface area contributed by atoms with Gasteiger partial charge in [-0.15, -0.1) is 0 Å². The highest BCUT2D eigenvalue weighted by molar-refractivity contribution is 6.34. The first kappa shape index (κ1) is 20.7. The van der Waals surface area contributed by atoms with Gasteiger partial charge < -0.3 is 20.4 Å². The normalized spacial score (nSPS) is 10.7. The number of hydrogen-bond donors (Lipinski definition) is 3. The first-order valence-corrected chi connectivity index (χ1v) is 10.1. The van der Waals surface area contributed by atoms with Crippen molar-refractivity contribution in [3.63, 3.8) is 0 Å². The topological polar surface area (TPSA) is 75.7 Å². The largest absolute Gasteiger partial charge is 0.707 e. The summed E-state index contributed by atoms with van der Waals surface area (Å²) in [6.45, 7) is 4.09. The summed E-state index contributed by atoms with van der Waals surface area (Å²) in [5.41, 5.74) is 8.96. The summed E-state index contributed by atoms with van der Waals surface area (Å²) in [6, 6.07) is 28.0. The van der Waals surface area contributed by atoms with E-state index in [0.717, 1.165) is 32.6 Å². The monoisotopic (exact) mass is 409 g/mol. The molecule has 0 fully saturated rings. The molecule has 0 heterocycles. The standard InChI is InChI=1S/C18H13BO3.C8H11N/c20-19(21)22-17-7-3-6-12-8-9-15-10-13-4-1-2-5-14(13)11-16(15)18(12)17;1-6-4-3-5-8(9)7(6)2/h1-11,20-21H;3-5H,9H2,1-2H3. The van der Waals surface area contributed by atoms with Crippen LogP contribution in [0.3, 0.4) is 0 Å². The molecule has 0 spiro atoms. The van der Waals surface area contributed by atoms with Crippen LogP contribution in [-0.2, 0) is 0 Å². The van der Waals surface area contributed by atoms with Crippen LogP contribution in [0.5, 0.6) is 5.75 Å². The van der Waals surface area contributed by atoms with E-state index in [1.807, 2.05) is 49.4 Å². The lowest BCUT2D eigenvalue weighted by molar-refractivity contribution is 0.289. The van der Waals surface area contributed by atoms with Crippen LogP contribution in [0.1, 0.15) is 11.1 Å². The van der Waals surface area contributed by atoms with E-state index in [0.29, 0.717) is 5.75 Å². The summed E-state index contributed by atoms with van der Waals surface area (Å²) >= 11 is 0. The Bertz CT molecular complexity index is 1360. The zero-order valence-electron chi connectivity index (χ0n) is 17.5. The fourth-order valence-electron chi connectivity index (χ4n) is 3.75. The van der Waals surface area contributed by atoms with E-state index in [1.165, 1.54) is 16.5 Å². The number of aryl methyl sites for hydroxylation is 1. The summed E-state index contributed by atoms with van der Waals surface area (Å²) in [7, 11) is -1.83. The number of fused-ring (bicyclic) bond motifs is 4. The second-order valence-corrected chi connectivity index (χ2v) is 7.57. The fourth-order valence-corrected chi connectivity index (χ4v) is 3.75. The smallest absolute Gasteiger partial charge is 0.511 e. The Kier molecular flexibility index (Phi) is 5.80. The van der Waals surface area contributed by atoms with Gasteiger partial charge in [-0.2, -0.15) is 0 Å². The van der Waals surface area contributed by atoms with E-state index in [-0.39, 0.29) is 0 Å². The molecule has 0 saturated carbocycles. The van der Waals surface area contributed by atoms with Crippen molar-refractivity contribution in [3.05, 3.63) is 96.1 Å². The Morgan fingerprint density at radius 1 is 0.710 bits per heavy atom. The molecule has 5 aromatic rings. The van der Waals surface area contributed by atoms with Gasteiger partial charge in [-0.05, 0) is 76.2 Å². The molecule has 0 bridgehead atoms. The zero-order valence-corrected chi connectivity index (χ0v) is 17.5. The number of hydrogen-bond acceptors (Lipinski definition) is 4. The summed E-state index contributed by atoms with van der Waals surface area (Å²) < 4.78 is 5.16. The van der Waals surface area contributed by atoms with Crippen LogP contribution in [0, 0.1) is 13.8 Å². The molecular weight excluding hydrogens is 385 g/mol. The fraction of sp³-hybridized carbons (Fsp3) is 0.0769. The lowest BCUT2D eigenvalue weighted by Gasteiger charge is -2.12. The van der Waals surface area contributed by atoms with E-state index in [4.69, 9.17) is 20.4 Å². The predicted molar refractivity (Wildman–Crippen MR) is 130 cm³/mol. The molecule has 5 aromatic carbocycles. The minimum absolute atomic E-state index is 0.466. The second kappa shape index (κ2) is 8.68. The van der Waals surface area contributed by atoms with Crippen molar-refractivity contribution >= 4 is 45.3 Å². The number of rotatable bonds is 2. The van der Waals surface area contributed by atoms with Gasteiger partial charge in [0.1, 0.15) is 5.75 Å². The Hall–Kier alpha value is -3.54. The Morgan fingerprint density at radius 2 is 1.35 bits per heavy atom. The van der Waals surface area contributed by atoms with Crippen LogP contribution in [-0.4, -0.2) is 17.4 Å². The average molecular weight is 409 g/mol. The van der Waals surface area contributed by atoms with E-state index in [9.17, 15) is 0 Å². The molecule has 0 unspecified atom stereocenters. The van der Waals surface area contributed by atoms with Crippen LogP contribution in [0.15, 0.2) is 84.9 Å². The van der Waals surface area contributed by atoms with Gasteiger partial charge in [0.15, 0.2) is 0 Å². The van der Waals surface area contributed by atoms with Crippen molar-refractivity contribution in [3.8, 4) is 5.75 Å². The van der Waals surface area contributed by atoms with Gasteiger partial charge in [0.05, 0.1) is 0 Å². The lowest BCUT2D eigenvalue weighted by atomic mass is 9.97. The molecule has 5 rings (SSSR count). The molecule has 5 heteroatoms. The van der Waals surface area contributed by atoms with E-state index < -0.39 is 7.32 Å². The molecule has 0 atom stereocenters. The molecular formula is C26H24BNO3. The van der Waals surface area contributed by atoms with Gasteiger partial charge in [0.25, 0.3) is 0 Å². The lowest BCUT2D eigenvalue weighted by Crippen LogP contribution is -2.20. The molecule has 0 radical (unpaired) electrons. The van der Waals surface area contributed by atoms with Crippen molar-refractivity contribution in [2.24, 2.45) is 0 Å². The Balaban J connectivity index is 0.000000217. The van der Waals surface area contributed by atoms with Gasteiger partial charge in [-0.3, -0.25) is 0 Å². The summed E-state index contributed by atoms with van der Waals surface area (Å²) in [4.78, 5) is 0. The minimum Gasteiger partial charge on any atom is -0.511 e. The van der Waals surface area contributed by atoms with Gasteiger partial charge in [0.2, 0.25) is 0 Å². The number of nitrogen functional groups attached to an aromatic ring is 1. The zero-order chi connectivity index (χ0) is 22.0.